The van der Waals surface area contributed by atoms with E-state index >= 15 is 0 Å². The van der Waals surface area contributed by atoms with E-state index in [0.29, 0.717) is 74.4 Å². The molecular weight excluding hydrogens is 943 g/mol. The summed E-state index contributed by atoms with van der Waals surface area (Å²) in [4.78, 5) is 82.7. The summed E-state index contributed by atoms with van der Waals surface area (Å²) < 4.78 is 0. The summed E-state index contributed by atoms with van der Waals surface area (Å²) in [5, 5.41) is 7.02. The Balaban J connectivity index is 0.000000168. The maximum absolute atomic E-state index is 13.6. The average Bonchev–Trinajstić information content (AvgIpc) is 3.35. The first-order valence-corrected chi connectivity index (χ1v) is 23.2. The Bertz CT molecular complexity index is 3360. The van der Waals surface area contributed by atoms with Crippen LogP contribution in [-0.4, -0.2) is 34.9 Å². The molecule has 0 saturated carbocycles. The van der Waals surface area contributed by atoms with Crippen molar-refractivity contribution in [3.05, 3.63) is 247 Å². The zero-order chi connectivity index (χ0) is 46.8. The molecule has 2 N–H and O–H groups in total. The number of hydrogen-bond donors (Lipinski definition) is 2. The topological polar surface area (TPSA) is 126 Å². The predicted octanol–water partition coefficient (Wildman–Crippen LogP) is 13.7. The first kappa shape index (κ1) is 45.1. The highest BCUT2D eigenvalue weighted by Gasteiger charge is 2.36. The number of amides is 2. The van der Waals surface area contributed by atoms with E-state index in [1.54, 1.807) is 140 Å². The molecule has 0 fully saturated rings. The van der Waals surface area contributed by atoms with Gasteiger partial charge in [0.15, 0.2) is 23.1 Å². The normalized spacial score (nSPS) is 12.2. The van der Waals surface area contributed by atoms with Gasteiger partial charge in [0.25, 0.3) is 11.8 Å². The third kappa shape index (κ3) is 9.23. The SMILES string of the molecule is O=C(Nc1ccc(Sc2cc(Cl)ccc2Cl)c2c1C(=O)c1ccccc1C2=O)c1ccccc1.O=C(Nc1ccc(Sc2ccccc2)c2c1C(=O)c1ccccc1C2=O)c1cccc(Cl)c1. The molecule has 0 aromatic heterocycles. The molecule has 2 aliphatic rings. The molecular formula is C54H31Cl3N2O6S2. The maximum Gasteiger partial charge on any atom is 0.255 e. The Morgan fingerprint density at radius 1 is 0.373 bits per heavy atom. The van der Waals surface area contributed by atoms with Crippen LogP contribution in [0.15, 0.2) is 196 Å². The van der Waals surface area contributed by atoms with Gasteiger partial charge in [-0.2, -0.15) is 0 Å². The molecule has 67 heavy (non-hydrogen) atoms. The highest BCUT2D eigenvalue weighted by atomic mass is 35.5. The number of carbonyl (C=O) groups excluding carboxylic acids is 6. The highest BCUT2D eigenvalue weighted by Crippen LogP contribution is 2.44. The highest BCUT2D eigenvalue weighted by molar-refractivity contribution is 7.99. The van der Waals surface area contributed by atoms with Crippen LogP contribution >= 0.6 is 58.3 Å². The second-order valence-electron chi connectivity index (χ2n) is 15.0. The molecule has 2 aliphatic carbocycles. The minimum absolute atomic E-state index is 0.163. The lowest BCUT2D eigenvalue weighted by atomic mass is 9.83. The van der Waals surface area contributed by atoms with Crippen LogP contribution in [0.2, 0.25) is 15.1 Å². The molecule has 2 amide bonds. The lowest BCUT2D eigenvalue weighted by Gasteiger charge is -2.23. The minimum Gasteiger partial charge on any atom is -0.321 e. The average molecular weight is 974 g/mol. The Hall–Kier alpha value is -7.05. The zero-order valence-electron chi connectivity index (χ0n) is 34.6. The summed E-state index contributed by atoms with van der Waals surface area (Å²) in [6.07, 6.45) is 0. The Kier molecular flexibility index (Phi) is 13.1. The summed E-state index contributed by atoms with van der Waals surface area (Å²) in [6, 6.07) is 50.1. The van der Waals surface area contributed by atoms with Crippen molar-refractivity contribution >= 4 is 105 Å². The number of rotatable bonds is 8. The van der Waals surface area contributed by atoms with Crippen molar-refractivity contribution < 1.29 is 28.8 Å². The zero-order valence-corrected chi connectivity index (χ0v) is 38.5. The molecule has 0 spiro atoms. The van der Waals surface area contributed by atoms with Gasteiger partial charge in [-0.25, -0.2) is 0 Å². The van der Waals surface area contributed by atoms with Gasteiger partial charge in [-0.15, -0.1) is 0 Å². The first-order valence-electron chi connectivity index (χ1n) is 20.5. The van der Waals surface area contributed by atoms with Crippen LogP contribution in [0, 0.1) is 0 Å². The number of nitrogens with one attached hydrogen (secondary N) is 2. The van der Waals surface area contributed by atoms with E-state index < -0.39 is 5.91 Å². The monoisotopic (exact) mass is 972 g/mol. The van der Waals surface area contributed by atoms with Crippen molar-refractivity contribution in [3.63, 3.8) is 0 Å². The van der Waals surface area contributed by atoms with Gasteiger partial charge in [0.05, 0.1) is 27.5 Å². The summed E-state index contributed by atoms with van der Waals surface area (Å²) in [7, 11) is 0. The van der Waals surface area contributed by atoms with Crippen molar-refractivity contribution in [2.45, 2.75) is 19.6 Å². The van der Waals surface area contributed by atoms with Crippen LogP contribution in [-0.2, 0) is 0 Å². The van der Waals surface area contributed by atoms with E-state index in [4.69, 9.17) is 34.8 Å². The summed E-state index contributed by atoms with van der Waals surface area (Å²) in [6.45, 7) is 0. The van der Waals surface area contributed by atoms with E-state index in [9.17, 15) is 28.8 Å². The van der Waals surface area contributed by atoms with Gasteiger partial charge in [0.2, 0.25) is 0 Å². The number of benzene rings is 8. The molecule has 0 atom stereocenters. The van der Waals surface area contributed by atoms with E-state index in [1.807, 2.05) is 36.4 Å². The molecule has 0 radical (unpaired) electrons. The lowest BCUT2D eigenvalue weighted by molar-refractivity contribution is 0.0976. The van der Waals surface area contributed by atoms with Gasteiger partial charge in [0, 0.05) is 74.1 Å². The summed E-state index contributed by atoms with van der Waals surface area (Å²) >= 11 is 21.2. The Labute approximate surface area is 407 Å². The molecule has 0 aliphatic heterocycles. The third-order valence-corrected chi connectivity index (χ3v) is 13.9. The molecule has 0 unspecified atom stereocenters. The standard InChI is InChI=1S/C27H15Cl2NO3S.C27H16ClNO3S/c28-16-10-11-19(29)22(14-16)34-21-13-12-20(30-27(33)15-6-2-1-3-7-15)23-24(21)26(32)18-9-5-4-8-17(18)25(23)31;28-17-8-6-7-16(15-17)27(32)29-21-13-14-22(33-18-9-2-1-3-10-18)24-23(21)25(30)19-11-4-5-12-20(19)26(24)31/h1-14H,(H,30,33);1-15H,(H,29,32). The Morgan fingerprint density at radius 3 is 1.33 bits per heavy atom. The predicted molar refractivity (Wildman–Crippen MR) is 264 cm³/mol. The molecule has 8 aromatic carbocycles. The van der Waals surface area contributed by atoms with Crippen molar-refractivity contribution in [1.29, 1.82) is 0 Å². The molecule has 10 rings (SSSR count). The number of halogens is 3. The minimum atomic E-state index is -0.415. The van der Waals surface area contributed by atoms with E-state index in [-0.39, 0.29) is 51.4 Å². The first-order chi connectivity index (χ1) is 32.5. The summed E-state index contributed by atoms with van der Waals surface area (Å²) in [5.74, 6) is -1.94. The Morgan fingerprint density at radius 2 is 0.806 bits per heavy atom. The second-order valence-corrected chi connectivity index (χ2v) is 18.5. The van der Waals surface area contributed by atoms with Crippen LogP contribution in [0.5, 0.6) is 0 Å². The van der Waals surface area contributed by atoms with Crippen LogP contribution in [0.1, 0.15) is 84.4 Å². The smallest absolute Gasteiger partial charge is 0.255 e. The number of hydrogen-bond acceptors (Lipinski definition) is 8. The quantitative estimate of drug-likeness (QED) is 0.154. The molecule has 13 heteroatoms. The fourth-order valence-electron chi connectivity index (χ4n) is 7.66. The second kappa shape index (κ2) is 19.4. The molecule has 8 aromatic rings. The number of ketones is 4. The van der Waals surface area contributed by atoms with Crippen molar-refractivity contribution in [3.8, 4) is 0 Å². The fourth-order valence-corrected chi connectivity index (χ4v) is 10.3. The molecule has 0 bridgehead atoms. The molecule has 8 nitrogen and oxygen atoms in total. The van der Waals surface area contributed by atoms with Crippen molar-refractivity contribution in [1.82, 2.24) is 0 Å². The van der Waals surface area contributed by atoms with E-state index in [1.165, 1.54) is 23.5 Å². The largest absolute Gasteiger partial charge is 0.321 e. The van der Waals surface area contributed by atoms with Crippen LogP contribution in [0.25, 0.3) is 0 Å². The third-order valence-electron chi connectivity index (χ3n) is 10.8. The van der Waals surface area contributed by atoms with Gasteiger partial charge >= 0.3 is 0 Å². The van der Waals surface area contributed by atoms with E-state index in [2.05, 4.69) is 10.6 Å². The van der Waals surface area contributed by atoms with Gasteiger partial charge in [-0.1, -0.05) is 149 Å². The van der Waals surface area contributed by atoms with Gasteiger partial charge in [-0.05, 0) is 84.9 Å². The molecule has 0 heterocycles. The van der Waals surface area contributed by atoms with Crippen LogP contribution < -0.4 is 10.6 Å². The van der Waals surface area contributed by atoms with Gasteiger partial charge < -0.3 is 10.6 Å². The fraction of sp³-hybridized carbons (Fsp3) is 0. The summed E-state index contributed by atoms with van der Waals surface area (Å²) in [5.41, 5.74) is 3.59. The van der Waals surface area contributed by atoms with Gasteiger partial charge in [0.1, 0.15) is 0 Å². The maximum atomic E-state index is 13.6. The number of carbonyl (C=O) groups is 6. The molecule has 326 valence electrons. The number of fused-ring (bicyclic) bond motifs is 4. The van der Waals surface area contributed by atoms with Crippen LogP contribution in [0.3, 0.4) is 0 Å². The van der Waals surface area contributed by atoms with Gasteiger partial charge in [-0.3, -0.25) is 28.8 Å². The van der Waals surface area contributed by atoms with Crippen LogP contribution in [0.4, 0.5) is 11.4 Å². The van der Waals surface area contributed by atoms with Crippen molar-refractivity contribution in [2.24, 2.45) is 0 Å². The van der Waals surface area contributed by atoms with E-state index in [0.717, 1.165) is 4.90 Å². The number of anilines is 2. The molecule has 0 saturated heterocycles. The lowest BCUT2D eigenvalue weighted by Crippen LogP contribution is -2.24. The van der Waals surface area contributed by atoms with Crippen molar-refractivity contribution in [2.75, 3.05) is 10.6 Å².